The fourth-order valence-electron chi connectivity index (χ4n) is 1.08. The maximum Gasteiger partial charge on any atom is 0.184 e. The Labute approximate surface area is 80.9 Å². The zero-order chi connectivity index (χ0) is 9.45. The van der Waals surface area contributed by atoms with Crippen LogP contribution in [0.1, 0.15) is 20.8 Å². The highest BCUT2D eigenvalue weighted by Gasteiger charge is 2.22. The predicted molar refractivity (Wildman–Crippen MR) is 55.9 cm³/mol. The molecule has 0 bridgehead atoms. The maximum absolute atomic E-state index is 9.86. The highest BCUT2D eigenvalue weighted by molar-refractivity contribution is 4.73. The number of likely N-dealkylation sites (N-methyl/N-ethyl adjacent to an activating group) is 3. The van der Waals surface area contributed by atoms with Gasteiger partial charge in [-0.1, -0.05) is 20.8 Å². The third kappa shape index (κ3) is 6.92. The molecule has 0 aromatic rings. The number of rotatable bonds is 7. The van der Waals surface area contributed by atoms with Crippen LogP contribution in [0.2, 0.25) is 0 Å². The molecule has 5 nitrogen and oxygen atoms in total. The van der Waals surface area contributed by atoms with Crippen LogP contribution >= 0.6 is 0 Å². The molecule has 0 spiro atoms. The van der Waals surface area contributed by atoms with Crippen LogP contribution in [0.4, 0.5) is 0 Å². The van der Waals surface area contributed by atoms with E-state index in [2.05, 4.69) is 16.0 Å². The molecular weight excluding hydrogens is 168 g/mol. The molecule has 0 heterocycles. The average Bonchev–Trinajstić information content (AvgIpc) is 2.02. The van der Waals surface area contributed by atoms with Gasteiger partial charge in [-0.05, 0) is 19.6 Å². The summed E-state index contributed by atoms with van der Waals surface area (Å²) in [6.07, 6.45) is 0. The van der Waals surface area contributed by atoms with Crippen LogP contribution in [0.5, 0.6) is 0 Å². The van der Waals surface area contributed by atoms with Crippen molar-refractivity contribution in [2.75, 3.05) is 26.2 Å². The van der Waals surface area contributed by atoms with Gasteiger partial charge >= 0.3 is 0 Å². The minimum Gasteiger partial charge on any atom is -0.362 e. The molecule has 0 fully saturated rings. The smallest absolute Gasteiger partial charge is 0.184 e. The Balaban J connectivity index is 0. The minimum atomic E-state index is -0.959. The van der Waals surface area contributed by atoms with E-state index in [4.69, 9.17) is 0 Å². The zero-order valence-electron chi connectivity index (χ0n) is 8.98. The van der Waals surface area contributed by atoms with E-state index in [1.54, 1.807) is 0 Å². The lowest BCUT2D eigenvalue weighted by atomic mass is 10.3. The normalized spacial score (nSPS) is 11.1. The molecule has 0 amide bonds. The first kappa shape index (κ1) is 15.3. The second-order valence-electron chi connectivity index (χ2n) is 2.70. The molecule has 0 rings (SSSR count). The summed E-state index contributed by atoms with van der Waals surface area (Å²) in [5.41, 5.74) is 0. The van der Waals surface area contributed by atoms with Gasteiger partial charge in [-0.25, -0.2) is 0 Å². The van der Waals surface area contributed by atoms with Gasteiger partial charge in [-0.3, -0.25) is 10.6 Å². The first-order valence-corrected chi connectivity index (χ1v) is 4.61. The standard InChI is InChI=1S/C8H21N3O.H3N/c1-4-9-7-8(12,10-5-2)11-6-3;/h9-12H,4-7H2,1-3H3;1H3. The summed E-state index contributed by atoms with van der Waals surface area (Å²) in [4.78, 5) is 0. The maximum atomic E-state index is 9.86. The minimum absolute atomic E-state index is 0. The molecule has 7 N–H and O–H groups in total. The molecule has 0 aromatic heterocycles. The van der Waals surface area contributed by atoms with Gasteiger partial charge in [0, 0.05) is 0 Å². The van der Waals surface area contributed by atoms with E-state index in [1.807, 2.05) is 20.8 Å². The number of hydrogen-bond acceptors (Lipinski definition) is 5. The first-order chi connectivity index (χ1) is 5.68. The van der Waals surface area contributed by atoms with Crippen molar-refractivity contribution in [3.05, 3.63) is 0 Å². The number of hydrogen-bond donors (Lipinski definition) is 5. The van der Waals surface area contributed by atoms with Gasteiger partial charge in [0.1, 0.15) is 0 Å². The van der Waals surface area contributed by atoms with Crippen LogP contribution < -0.4 is 22.1 Å². The highest BCUT2D eigenvalue weighted by atomic mass is 16.3. The molecule has 13 heavy (non-hydrogen) atoms. The van der Waals surface area contributed by atoms with Crippen molar-refractivity contribution >= 4 is 0 Å². The molecule has 0 radical (unpaired) electrons. The topological polar surface area (TPSA) is 91.3 Å². The summed E-state index contributed by atoms with van der Waals surface area (Å²) in [6, 6.07) is 0. The van der Waals surface area contributed by atoms with Crippen molar-refractivity contribution in [2.45, 2.75) is 26.6 Å². The van der Waals surface area contributed by atoms with Gasteiger partial charge in [0.25, 0.3) is 0 Å². The summed E-state index contributed by atoms with van der Waals surface area (Å²) < 4.78 is 0. The molecule has 0 saturated heterocycles. The van der Waals surface area contributed by atoms with Crippen LogP contribution in [-0.4, -0.2) is 37.1 Å². The molecule has 0 unspecified atom stereocenters. The van der Waals surface area contributed by atoms with Crippen LogP contribution in [0.3, 0.4) is 0 Å². The van der Waals surface area contributed by atoms with Gasteiger partial charge in [0.05, 0.1) is 6.54 Å². The first-order valence-electron chi connectivity index (χ1n) is 4.61. The lowest BCUT2D eigenvalue weighted by Gasteiger charge is -2.29. The van der Waals surface area contributed by atoms with Crippen molar-refractivity contribution in [1.82, 2.24) is 22.1 Å². The fourth-order valence-corrected chi connectivity index (χ4v) is 1.08. The second kappa shape index (κ2) is 8.40. The predicted octanol–water partition coefficient (Wildman–Crippen LogP) is -0.377. The summed E-state index contributed by atoms with van der Waals surface area (Å²) in [5.74, 6) is -0.959. The Morgan fingerprint density at radius 1 is 1.00 bits per heavy atom. The van der Waals surface area contributed by atoms with Gasteiger partial charge < -0.3 is 16.6 Å². The molecule has 0 aromatic carbocycles. The third-order valence-corrected chi connectivity index (χ3v) is 1.57. The van der Waals surface area contributed by atoms with Crippen molar-refractivity contribution in [1.29, 1.82) is 0 Å². The fraction of sp³-hybridized carbons (Fsp3) is 1.00. The van der Waals surface area contributed by atoms with Gasteiger partial charge in [0.15, 0.2) is 5.85 Å². The van der Waals surface area contributed by atoms with Crippen LogP contribution in [-0.2, 0) is 0 Å². The van der Waals surface area contributed by atoms with Crippen molar-refractivity contribution in [2.24, 2.45) is 0 Å². The number of nitrogens with one attached hydrogen (secondary N) is 3. The SMILES string of the molecule is CCNCC(O)(NCC)NCC.N. The van der Waals surface area contributed by atoms with Gasteiger partial charge in [0.2, 0.25) is 0 Å². The largest absolute Gasteiger partial charge is 0.362 e. The molecule has 0 aliphatic heterocycles. The lowest BCUT2D eigenvalue weighted by Crippen LogP contribution is -2.62. The third-order valence-electron chi connectivity index (χ3n) is 1.57. The van der Waals surface area contributed by atoms with E-state index in [0.29, 0.717) is 6.54 Å². The van der Waals surface area contributed by atoms with E-state index < -0.39 is 5.85 Å². The Bertz CT molecular complexity index is 104. The number of aliphatic hydroxyl groups is 1. The second-order valence-corrected chi connectivity index (χ2v) is 2.70. The van der Waals surface area contributed by atoms with Crippen molar-refractivity contribution in [3.63, 3.8) is 0 Å². The summed E-state index contributed by atoms with van der Waals surface area (Å²) in [7, 11) is 0. The van der Waals surface area contributed by atoms with Crippen LogP contribution in [0.25, 0.3) is 0 Å². The van der Waals surface area contributed by atoms with Crippen molar-refractivity contribution in [3.8, 4) is 0 Å². The monoisotopic (exact) mass is 192 g/mol. The Morgan fingerprint density at radius 2 is 1.46 bits per heavy atom. The molecule has 0 aliphatic rings. The molecular formula is C8H24N4O. The van der Waals surface area contributed by atoms with Gasteiger partial charge in [-0.15, -0.1) is 0 Å². The molecule has 0 saturated carbocycles. The summed E-state index contributed by atoms with van der Waals surface area (Å²) >= 11 is 0. The molecule has 0 atom stereocenters. The van der Waals surface area contributed by atoms with E-state index in [0.717, 1.165) is 19.6 Å². The Kier molecular flexibility index (Phi) is 9.87. The van der Waals surface area contributed by atoms with Crippen LogP contribution in [0.15, 0.2) is 0 Å². The summed E-state index contributed by atoms with van der Waals surface area (Å²) in [5, 5.41) is 18.9. The van der Waals surface area contributed by atoms with Crippen molar-refractivity contribution < 1.29 is 5.11 Å². The quantitative estimate of drug-likeness (QED) is 0.355. The Morgan fingerprint density at radius 3 is 1.77 bits per heavy atom. The average molecular weight is 192 g/mol. The van der Waals surface area contributed by atoms with E-state index in [1.165, 1.54) is 0 Å². The van der Waals surface area contributed by atoms with E-state index >= 15 is 0 Å². The lowest BCUT2D eigenvalue weighted by molar-refractivity contribution is -0.0231. The molecule has 82 valence electrons. The highest BCUT2D eigenvalue weighted by Crippen LogP contribution is 1.91. The van der Waals surface area contributed by atoms with E-state index in [9.17, 15) is 5.11 Å². The van der Waals surface area contributed by atoms with Crippen LogP contribution in [0, 0.1) is 0 Å². The summed E-state index contributed by atoms with van der Waals surface area (Å²) in [6.45, 7) is 8.81. The molecule has 0 aliphatic carbocycles. The van der Waals surface area contributed by atoms with E-state index in [-0.39, 0.29) is 6.15 Å². The zero-order valence-corrected chi connectivity index (χ0v) is 8.98. The van der Waals surface area contributed by atoms with Gasteiger partial charge in [-0.2, -0.15) is 0 Å². The Hall–Kier alpha value is -0.200. The molecule has 5 heteroatoms.